The van der Waals surface area contributed by atoms with E-state index in [1.54, 1.807) is 6.20 Å². The lowest BCUT2D eigenvalue weighted by Crippen LogP contribution is -2.47. The molecular weight excluding hydrogens is 250 g/mol. The summed E-state index contributed by atoms with van der Waals surface area (Å²) in [6, 6.07) is 6.29. The van der Waals surface area contributed by atoms with E-state index in [0.29, 0.717) is 19.1 Å². The monoisotopic (exact) mass is 273 g/mol. The molecule has 0 unspecified atom stereocenters. The molecule has 4 nitrogen and oxygen atoms in total. The number of amides is 1. The molecule has 1 aromatic rings. The number of aromatic nitrogens is 1. The Morgan fingerprint density at radius 1 is 1.35 bits per heavy atom. The second-order valence-electron chi connectivity index (χ2n) is 6.18. The number of rotatable bonds is 5. The predicted molar refractivity (Wildman–Crippen MR) is 77.8 cm³/mol. The summed E-state index contributed by atoms with van der Waals surface area (Å²) in [7, 11) is 0. The van der Waals surface area contributed by atoms with E-state index in [2.05, 4.69) is 4.98 Å². The van der Waals surface area contributed by atoms with Gasteiger partial charge in [0.1, 0.15) is 0 Å². The molecular formula is C16H23N3O. The van der Waals surface area contributed by atoms with Crippen molar-refractivity contribution in [2.45, 2.75) is 51.1 Å². The standard InChI is InChI=1S/C16H23N3O/c17-12-16(8-2-3-9-16)15(20)19(14-6-7-14)11-13-5-1-4-10-18-13/h1,4-5,10,14H,2-3,6-9,11-12,17H2. The molecule has 0 atom stereocenters. The average molecular weight is 273 g/mol. The average Bonchev–Trinajstić information content (AvgIpc) is 3.22. The van der Waals surface area contributed by atoms with Crippen LogP contribution in [-0.2, 0) is 11.3 Å². The third-order valence-corrected chi connectivity index (χ3v) is 4.71. The van der Waals surface area contributed by atoms with Crippen molar-refractivity contribution in [3.05, 3.63) is 30.1 Å². The highest BCUT2D eigenvalue weighted by molar-refractivity contribution is 5.84. The Morgan fingerprint density at radius 3 is 2.65 bits per heavy atom. The number of carbonyl (C=O) groups excluding carboxylic acids is 1. The highest BCUT2D eigenvalue weighted by atomic mass is 16.2. The topological polar surface area (TPSA) is 59.2 Å². The van der Waals surface area contributed by atoms with Crippen molar-refractivity contribution in [1.82, 2.24) is 9.88 Å². The largest absolute Gasteiger partial charge is 0.333 e. The van der Waals surface area contributed by atoms with Gasteiger partial charge in [-0.15, -0.1) is 0 Å². The number of hydrogen-bond donors (Lipinski definition) is 1. The molecule has 1 amide bonds. The van der Waals surface area contributed by atoms with E-state index in [4.69, 9.17) is 5.73 Å². The first-order valence-electron chi connectivity index (χ1n) is 7.66. The third kappa shape index (κ3) is 2.57. The maximum atomic E-state index is 13.0. The maximum Gasteiger partial charge on any atom is 0.230 e. The fourth-order valence-electron chi connectivity index (χ4n) is 3.28. The Bertz CT molecular complexity index is 464. The second-order valence-corrected chi connectivity index (χ2v) is 6.18. The minimum atomic E-state index is -0.294. The number of nitrogens with zero attached hydrogens (tertiary/aromatic N) is 2. The van der Waals surface area contributed by atoms with Gasteiger partial charge in [0.05, 0.1) is 17.7 Å². The van der Waals surface area contributed by atoms with Crippen molar-refractivity contribution in [3.8, 4) is 0 Å². The molecule has 2 N–H and O–H groups in total. The smallest absolute Gasteiger partial charge is 0.230 e. The first kappa shape index (κ1) is 13.6. The molecule has 2 saturated carbocycles. The maximum absolute atomic E-state index is 13.0. The van der Waals surface area contributed by atoms with Crippen molar-refractivity contribution in [3.63, 3.8) is 0 Å². The van der Waals surface area contributed by atoms with E-state index < -0.39 is 0 Å². The molecule has 2 aliphatic carbocycles. The van der Waals surface area contributed by atoms with E-state index in [0.717, 1.165) is 44.2 Å². The van der Waals surface area contributed by atoms with Crippen LogP contribution in [0.3, 0.4) is 0 Å². The summed E-state index contributed by atoms with van der Waals surface area (Å²) in [5, 5.41) is 0. The van der Waals surface area contributed by atoms with Gasteiger partial charge in [0.15, 0.2) is 0 Å². The van der Waals surface area contributed by atoms with Crippen molar-refractivity contribution < 1.29 is 4.79 Å². The molecule has 0 saturated heterocycles. The van der Waals surface area contributed by atoms with Crippen LogP contribution in [0.25, 0.3) is 0 Å². The van der Waals surface area contributed by atoms with Gasteiger partial charge in [0.2, 0.25) is 5.91 Å². The van der Waals surface area contributed by atoms with Crippen LogP contribution in [0.2, 0.25) is 0 Å². The van der Waals surface area contributed by atoms with Crippen molar-refractivity contribution in [2.75, 3.05) is 6.54 Å². The summed E-state index contributed by atoms with van der Waals surface area (Å²) in [5.41, 5.74) is 6.63. The minimum Gasteiger partial charge on any atom is -0.333 e. The van der Waals surface area contributed by atoms with Crippen LogP contribution in [-0.4, -0.2) is 28.4 Å². The molecule has 1 heterocycles. The first-order chi connectivity index (χ1) is 9.75. The lowest BCUT2D eigenvalue weighted by atomic mass is 9.84. The van der Waals surface area contributed by atoms with E-state index in [9.17, 15) is 4.79 Å². The van der Waals surface area contributed by atoms with Gasteiger partial charge in [0, 0.05) is 18.8 Å². The fourth-order valence-corrected chi connectivity index (χ4v) is 3.28. The van der Waals surface area contributed by atoms with Gasteiger partial charge in [-0.25, -0.2) is 0 Å². The fraction of sp³-hybridized carbons (Fsp3) is 0.625. The zero-order chi connectivity index (χ0) is 14.0. The number of carbonyl (C=O) groups is 1. The van der Waals surface area contributed by atoms with E-state index in [1.807, 2.05) is 23.1 Å². The highest BCUT2D eigenvalue weighted by Crippen LogP contribution is 2.41. The molecule has 4 heteroatoms. The van der Waals surface area contributed by atoms with E-state index in [-0.39, 0.29) is 11.3 Å². The zero-order valence-electron chi connectivity index (χ0n) is 11.9. The lowest BCUT2D eigenvalue weighted by Gasteiger charge is -2.33. The summed E-state index contributed by atoms with van der Waals surface area (Å²) < 4.78 is 0. The summed E-state index contributed by atoms with van der Waals surface area (Å²) in [6.07, 6.45) is 8.20. The molecule has 3 rings (SSSR count). The molecule has 0 radical (unpaired) electrons. The van der Waals surface area contributed by atoms with Gasteiger partial charge in [-0.3, -0.25) is 9.78 Å². The van der Waals surface area contributed by atoms with Gasteiger partial charge in [0.25, 0.3) is 0 Å². The molecule has 0 aliphatic heterocycles. The molecule has 0 spiro atoms. The number of nitrogens with two attached hydrogens (primary N) is 1. The van der Waals surface area contributed by atoms with Crippen LogP contribution < -0.4 is 5.73 Å². The molecule has 0 bridgehead atoms. The normalized spacial score (nSPS) is 20.9. The third-order valence-electron chi connectivity index (χ3n) is 4.71. The van der Waals surface area contributed by atoms with Gasteiger partial charge >= 0.3 is 0 Å². The van der Waals surface area contributed by atoms with Gasteiger partial charge in [-0.05, 0) is 37.8 Å². The van der Waals surface area contributed by atoms with E-state index >= 15 is 0 Å². The second kappa shape index (κ2) is 5.52. The molecule has 1 aromatic heterocycles. The zero-order valence-corrected chi connectivity index (χ0v) is 11.9. The minimum absolute atomic E-state index is 0.269. The van der Waals surface area contributed by atoms with Crippen LogP contribution in [0, 0.1) is 5.41 Å². The van der Waals surface area contributed by atoms with Crippen LogP contribution >= 0.6 is 0 Å². The SMILES string of the molecule is NCC1(C(=O)N(Cc2ccccn2)C2CC2)CCCC1. The summed E-state index contributed by atoms with van der Waals surface area (Å²) in [5.74, 6) is 0.269. The predicted octanol–water partition coefficient (Wildman–Crippen LogP) is 2.09. The number of hydrogen-bond acceptors (Lipinski definition) is 3. The Labute approximate surface area is 120 Å². The van der Waals surface area contributed by atoms with Crippen LogP contribution in [0.4, 0.5) is 0 Å². The molecule has 2 fully saturated rings. The van der Waals surface area contributed by atoms with Gasteiger partial charge in [-0.1, -0.05) is 18.9 Å². The summed E-state index contributed by atoms with van der Waals surface area (Å²) in [4.78, 5) is 19.4. The summed E-state index contributed by atoms with van der Waals surface area (Å²) >= 11 is 0. The first-order valence-corrected chi connectivity index (χ1v) is 7.66. The molecule has 2 aliphatic rings. The van der Waals surface area contributed by atoms with Crippen molar-refractivity contribution in [1.29, 1.82) is 0 Å². The Balaban J connectivity index is 1.78. The van der Waals surface area contributed by atoms with Crippen LogP contribution in [0.1, 0.15) is 44.2 Å². The number of pyridine rings is 1. The van der Waals surface area contributed by atoms with Crippen molar-refractivity contribution in [2.24, 2.45) is 11.1 Å². The molecule has 0 aromatic carbocycles. The Morgan fingerprint density at radius 2 is 2.10 bits per heavy atom. The molecule has 20 heavy (non-hydrogen) atoms. The van der Waals surface area contributed by atoms with Crippen molar-refractivity contribution >= 4 is 5.91 Å². The lowest BCUT2D eigenvalue weighted by molar-refractivity contribution is -0.142. The van der Waals surface area contributed by atoms with Crippen LogP contribution in [0.15, 0.2) is 24.4 Å². The highest BCUT2D eigenvalue weighted by Gasteiger charge is 2.45. The summed E-state index contributed by atoms with van der Waals surface area (Å²) in [6.45, 7) is 1.11. The van der Waals surface area contributed by atoms with Gasteiger partial charge < -0.3 is 10.6 Å². The van der Waals surface area contributed by atoms with Gasteiger partial charge in [-0.2, -0.15) is 0 Å². The Kier molecular flexibility index (Phi) is 3.74. The quantitative estimate of drug-likeness (QED) is 0.893. The molecule has 108 valence electrons. The van der Waals surface area contributed by atoms with Crippen LogP contribution in [0.5, 0.6) is 0 Å². The Hall–Kier alpha value is -1.42. The van der Waals surface area contributed by atoms with E-state index in [1.165, 1.54) is 0 Å².